The van der Waals surface area contributed by atoms with Crippen LogP contribution >= 0.6 is 22.9 Å². The highest BCUT2D eigenvalue weighted by Crippen LogP contribution is 2.25. The average molecular weight is 410 g/mol. The normalized spacial score (nSPS) is 12.2. The SMILES string of the molecule is C[C@H](CNC(=O)Cc1csc2nc(-c3ccc(Cl)cc3)cn12)c1ccccc1. The molecule has 4 nitrogen and oxygen atoms in total. The summed E-state index contributed by atoms with van der Waals surface area (Å²) < 4.78 is 1.99. The third kappa shape index (κ3) is 4.11. The van der Waals surface area contributed by atoms with Gasteiger partial charge in [-0.1, -0.05) is 61.0 Å². The van der Waals surface area contributed by atoms with Gasteiger partial charge in [0, 0.05) is 34.4 Å². The van der Waals surface area contributed by atoms with Gasteiger partial charge < -0.3 is 5.32 Å². The highest BCUT2D eigenvalue weighted by molar-refractivity contribution is 7.15. The molecule has 0 aliphatic carbocycles. The number of benzene rings is 2. The number of amides is 1. The molecular formula is C22H20ClN3OS. The van der Waals surface area contributed by atoms with Gasteiger partial charge >= 0.3 is 0 Å². The van der Waals surface area contributed by atoms with Crippen LogP contribution in [0.1, 0.15) is 24.1 Å². The van der Waals surface area contributed by atoms with Gasteiger partial charge in [0.1, 0.15) is 0 Å². The first-order valence-electron chi connectivity index (χ1n) is 9.13. The number of imidazole rings is 1. The molecule has 1 N–H and O–H groups in total. The molecule has 6 heteroatoms. The number of halogens is 1. The highest BCUT2D eigenvalue weighted by atomic mass is 35.5. The number of carbonyl (C=O) groups excluding carboxylic acids is 1. The fourth-order valence-corrected chi connectivity index (χ4v) is 4.11. The number of fused-ring (bicyclic) bond motifs is 1. The molecule has 0 spiro atoms. The second-order valence-corrected chi connectivity index (χ2v) is 8.08. The molecule has 2 heterocycles. The van der Waals surface area contributed by atoms with Crippen LogP contribution in [0.3, 0.4) is 0 Å². The third-order valence-corrected chi connectivity index (χ3v) is 5.88. The maximum Gasteiger partial charge on any atom is 0.226 e. The Morgan fingerprint density at radius 3 is 2.68 bits per heavy atom. The molecular weight excluding hydrogens is 390 g/mol. The van der Waals surface area contributed by atoms with Crippen LogP contribution in [0.4, 0.5) is 0 Å². The van der Waals surface area contributed by atoms with Crippen molar-refractivity contribution < 1.29 is 4.79 Å². The Balaban J connectivity index is 1.43. The van der Waals surface area contributed by atoms with Gasteiger partial charge in [0.05, 0.1) is 12.1 Å². The van der Waals surface area contributed by atoms with Crippen molar-refractivity contribution in [3.05, 3.63) is 82.5 Å². The second kappa shape index (κ2) is 8.17. The lowest BCUT2D eigenvalue weighted by atomic mass is 10.0. The molecule has 142 valence electrons. The van der Waals surface area contributed by atoms with E-state index in [1.807, 2.05) is 58.4 Å². The summed E-state index contributed by atoms with van der Waals surface area (Å²) in [7, 11) is 0. The number of thiazole rings is 1. The van der Waals surface area contributed by atoms with E-state index < -0.39 is 0 Å². The first-order chi connectivity index (χ1) is 13.6. The number of carbonyl (C=O) groups is 1. The van der Waals surface area contributed by atoms with Crippen molar-refractivity contribution in [2.75, 3.05) is 6.54 Å². The predicted molar refractivity (Wildman–Crippen MR) is 115 cm³/mol. The number of hydrogen-bond donors (Lipinski definition) is 1. The summed E-state index contributed by atoms with van der Waals surface area (Å²) in [5.74, 6) is 0.293. The summed E-state index contributed by atoms with van der Waals surface area (Å²) in [6.45, 7) is 2.74. The van der Waals surface area contributed by atoms with Crippen molar-refractivity contribution in [1.82, 2.24) is 14.7 Å². The molecule has 1 amide bonds. The molecule has 0 aliphatic rings. The largest absolute Gasteiger partial charge is 0.355 e. The smallest absolute Gasteiger partial charge is 0.226 e. The molecule has 0 fully saturated rings. The Morgan fingerprint density at radius 2 is 1.93 bits per heavy atom. The number of nitrogens with one attached hydrogen (secondary N) is 1. The maximum atomic E-state index is 12.4. The van der Waals surface area contributed by atoms with Gasteiger partial charge in [0.15, 0.2) is 4.96 Å². The molecule has 2 aromatic carbocycles. The molecule has 0 bridgehead atoms. The van der Waals surface area contributed by atoms with Crippen molar-refractivity contribution in [3.8, 4) is 11.3 Å². The third-order valence-electron chi connectivity index (χ3n) is 4.74. The Bertz CT molecular complexity index is 1090. The lowest BCUT2D eigenvalue weighted by Crippen LogP contribution is -2.29. The van der Waals surface area contributed by atoms with Crippen LogP contribution in [0.2, 0.25) is 5.02 Å². The van der Waals surface area contributed by atoms with E-state index in [0.29, 0.717) is 18.0 Å². The Kier molecular flexibility index (Phi) is 5.46. The van der Waals surface area contributed by atoms with E-state index in [2.05, 4.69) is 29.4 Å². The molecule has 4 aromatic rings. The van der Waals surface area contributed by atoms with E-state index >= 15 is 0 Å². The molecule has 0 radical (unpaired) electrons. The Morgan fingerprint density at radius 1 is 1.18 bits per heavy atom. The lowest BCUT2D eigenvalue weighted by Gasteiger charge is -2.12. The Hall–Kier alpha value is -2.63. The number of nitrogens with zero attached hydrogens (tertiary/aromatic N) is 2. The van der Waals surface area contributed by atoms with Crippen LogP contribution in [0.5, 0.6) is 0 Å². The van der Waals surface area contributed by atoms with E-state index in [9.17, 15) is 4.79 Å². The van der Waals surface area contributed by atoms with Crippen LogP contribution in [-0.4, -0.2) is 21.8 Å². The van der Waals surface area contributed by atoms with Crippen LogP contribution in [0, 0.1) is 0 Å². The van der Waals surface area contributed by atoms with Gasteiger partial charge in [-0.15, -0.1) is 11.3 Å². The Labute approximate surface area is 172 Å². The highest BCUT2D eigenvalue weighted by Gasteiger charge is 2.13. The molecule has 1 atom stereocenters. The molecule has 4 rings (SSSR count). The lowest BCUT2D eigenvalue weighted by molar-refractivity contribution is -0.120. The first-order valence-corrected chi connectivity index (χ1v) is 10.4. The van der Waals surface area contributed by atoms with Gasteiger partial charge in [-0.25, -0.2) is 4.98 Å². The standard InChI is InChI=1S/C22H20ClN3OS/c1-15(16-5-3-2-4-6-16)12-24-21(27)11-19-14-28-22-25-20(13-26(19)22)17-7-9-18(23)10-8-17/h2-10,13-15H,11-12H2,1H3,(H,24,27)/t15-/m1/s1. The minimum absolute atomic E-state index is 0.0178. The van der Waals surface area contributed by atoms with E-state index in [0.717, 1.165) is 21.9 Å². The summed E-state index contributed by atoms with van der Waals surface area (Å²) in [5.41, 5.74) is 4.05. The molecule has 28 heavy (non-hydrogen) atoms. The van der Waals surface area contributed by atoms with Crippen LogP contribution in [-0.2, 0) is 11.2 Å². The topological polar surface area (TPSA) is 46.4 Å². The predicted octanol–water partition coefficient (Wildman–Crippen LogP) is 5.18. The van der Waals surface area contributed by atoms with Gasteiger partial charge in [0.25, 0.3) is 0 Å². The summed E-state index contributed by atoms with van der Waals surface area (Å²) in [6, 6.07) is 17.8. The van der Waals surface area contributed by atoms with Gasteiger partial charge in [0.2, 0.25) is 5.91 Å². The van der Waals surface area contributed by atoms with E-state index in [4.69, 9.17) is 11.6 Å². The van der Waals surface area contributed by atoms with Gasteiger partial charge in [-0.2, -0.15) is 0 Å². The van der Waals surface area contributed by atoms with Crippen molar-refractivity contribution >= 4 is 33.8 Å². The molecule has 0 saturated heterocycles. The van der Waals surface area contributed by atoms with Crippen molar-refractivity contribution in [2.45, 2.75) is 19.3 Å². The summed E-state index contributed by atoms with van der Waals surface area (Å²) in [4.78, 5) is 18.0. The zero-order valence-corrected chi connectivity index (χ0v) is 17.0. The van der Waals surface area contributed by atoms with E-state index in [1.54, 1.807) is 11.3 Å². The number of aromatic nitrogens is 2. The van der Waals surface area contributed by atoms with Crippen molar-refractivity contribution in [1.29, 1.82) is 0 Å². The molecule has 0 unspecified atom stereocenters. The zero-order valence-electron chi connectivity index (χ0n) is 15.4. The molecule has 0 aliphatic heterocycles. The number of hydrogen-bond acceptors (Lipinski definition) is 3. The fraction of sp³-hybridized carbons (Fsp3) is 0.182. The van der Waals surface area contributed by atoms with E-state index in [-0.39, 0.29) is 11.8 Å². The maximum absolute atomic E-state index is 12.4. The van der Waals surface area contributed by atoms with Crippen LogP contribution < -0.4 is 5.32 Å². The second-order valence-electron chi connectivity index (χ2n) is 6.81. The summed E-state index contributed by atoms with van der Waals surface area (Å²) in [6.07, 6.45) is 2.31. The van der Waals surface area contributed by atoms with Crippen LogP contribution in [0.15, 0.2) is 66.2 Å². The van der Waals surface area contributed by atoms with Gasteiger partial charge in [-0.3, -0.25) is 9.20 Å². The van der Waals surface area contributed by atoms with Gasteiger partial charge in [-0.05, 0) is 23.6 Å². The average Bonchev–Trinajstić information content (AvgIpc) is 3.29. The summed E-state index contributed by atoms with van der Waals surface area (Å²) >= 11 is 7.50. The molecule has 0 saturated carbocycles. The fourth-order valence-electron chi connectivity index (χ4n) is 3.11. The quantitative estimate of drug-likeness (QED) is 0.477. The summed E-state index contributed by atoms with van der Waals surface area (Å²) in [5, 5.41) is 5.74. The van der Waals surface area contributed by atoms with Crippen molar-refractivity contribution in [3.63, 3.8) is 0 Å². The minimum atomic E-state index is 0.0178. The number of rotatable bonds is 6. The minimum Gasteiger partial charge on any atom is -0.355 e. The molecule has 2 aromatic heterocycles. The van der Waals surface area contributed by atoms with Crippen molar-refractivity contribution in [2.24, 2.45) is 0 Å². The zero-order chi connectivity index (χ0) is 19.5. The van der Waals surface area contributed by atoms with E-state index in [1.165, 1.54) is 5.56 Å². The monoisotopic (exact) mass is 409 g/mol. The first kappa shape index (κ1) is 18.7. The van der Waals surface area contributed by atoms with Crippen LogP contribution in [0.25, 0.3) is 16.2 Å².